The summed E-state index contributed by atoms with van der Waals surface area (Å²) in [5.74, 6) is 0.455. The van der Waals surface area contributed by atoms with E-state index >= 15 is 0 Å². The molecular weight excluding hydrogens is 274 g/mol. The zero-order chi connectivity index (χ0) is 15.8. The first-order chi connectivity index (χ1) is 10.6. The molecule has 0 aliphatic rings. The van der Waals surface area contributed by atoms with Crippen LogP contribution in [-0.2, 0) is 6.54 Å². The van der Waals surface area contributed by atoms with E-state index < -0.39 is 0 Å². The van der Waals surface area contributed by atoms with Gasteiger partial charge in [-0.15, -0.1) is 0 Å². The Morgan fingerprint density at radius 2 is 1.95 bits per heavy atom. The van der Waals surface area contributed by atoms with Crippen molar-refractivity contribution in [1.82, 2.24) is 10.3 Å². The normalized spacial score (nSPS) is 10.5. The van der Waals surface area contributed by atoms with Crippen LogP contribution in [0.1, 0.15) is 36.3 Å². The third-order valence-electron chi connectivity index (χ3n) is 3.34. The van der Waals surface area contributed by atoms with Gasteiger partial charge in [0, 0.05) is 25.0 Å². The molecule has 2 rings (SSSR count). The molecule has 1 aromatic heterocycles. The minimum absolute atomic E-state index is 0.121. The Hall–Kier alpha value is -2.36. The molecule has 0 saturated carbocycles. The summed E-state index contributed by atoms with van der Waals surface area (Å²) in [7, 11) is 0. The maximum Gasteiger partial charge on any atom is 0.269 e. The minimum atomic E-state index is -0.121. The van der Waals surface area contributed by atoms with Gasteiger partial charge in [0.15, 0.2) is 0 Å². The summed E-state index contributed by atoms with van der Waals surface area (Å²) in [5.41, 5.74) is 2.54. The Labute approximate surface area is 132 Å². The quantitative estimate of drug-likeness (QED) is 0.823. The van der Waals surface area contributed by atoms with Crippen molar-refractivity contribution in [2.45, 2.75) is 26.8 Å². The molecule has 0 aliphatic carbocycles. The number of hydrogen-bond donors (Lipinski definition) is 2. The molecule has 1 amide bonds. The average molecular weight is 297 g/mol. The van der Waals surface area contributed by atoms with Crippen LogP contribution in [0.3, 0.4) is 0 Å². The largest absolute Gasteiger partial charge is 0.381 e. The van der Waals surface area contributed by atoms with Gasteiger partial charge in [0.1, 0.15) is 5.69 Å². The molecule has 1 heterocycles. The van der Waals surface area contributed by atoms with Crippen molar-refractivity contribution in [3.05, 3.63) is 59.9 Å². The van der Waals surface area contributed by atoms with Gasteiger partial charge in [0.2, 0.25) is 0 Å². The summed E-state index contributed by atoms with van der Waals surface area (Å²) in [4.78, 5) is 16.2. The minimum Gasteiger partial charge on any atom is -0.381 e. The van der Waals surface area contributed by atoms with E-state index in [4.69, 9.17) is 0 Å². The fraction of sp³-hybridized carbons (Fsp3) is 0.333. The molecule has 0 spiro atoms. The van der Waals surface area contributed by atoms with Crippen LogP contribution in [0.2, 0.25) is 0 Å². The molecule has 0 atom stereocenters. The highest BCUT2D eigenvalue weighted by Crippen LogP contribution is 2.10. The second-order valence-corrected chi connectivity index (χ2v) is 5.71. The number of amides is 1. The number of benzene rings is 1. The highest BCUT2D eigenvalue weighted by Gasteiger charge is 2.07. The van der Waals surface area contributed by atoms with Gasteiger partial charge in [0.25, 0.3) is 5.91 Å². The molecule has 4 heteroatoms. The van der Waals surface area contributed by atoms with Crippen LogP contribution in [0, 0.1) is 5.92 Å². The summed E-state index contributed by atoms with van der Waals surface area (Å²) >= 11 is 0. The molecule has 0 fully saturated rings. The van der Waals surface area contributed by atoms with Crippen LogP contribution >= 0.6 is 0 Å². The summed E-state index contributed by atoms with van der Waals surface area (Å²) in [6, 6.07) is 13.8. The van der Waals surface area contributed by atoms with Gasteiger partial charge in [-0.1, -0.05) is 44.2 Å². The third kappa shape index (κ3) is 5.20. The van der Waals surface area contributed by atoms with E-state index in [0.29, 0.717) is 18.2 Å². The van der Waals surface area contributed by atoms with Gasteiger partial charge >= 0.3 is 0 Å². The first kappa shape index (κ1) is 16.0. The number of rotatable bonds is 7. The molecule has 22 heavy (non-hydrogen) atoms. The van der Waals surface area contributed by atoms with Crippen LogP contribution in [0.25, 0.3) is 0 Å². The van der Waals surface area contributed by atoms with E-state index in [1.165, 1.54) is 5.56 Å². The molecule has 0 saturated heterocycles. The lowest BCUT2D eigenvalue weighted by atomic mass is 10.1. The summed E-state index contributed by atoms with van der Waals surface area (Å²) in [5, 5.41) is 6.21. The number of hydrogen-bond acceptors (Lipinski definition) is 3. The van der Waals surface area contributed by atoms with Gasteiger partial charge in [-0.2, -0.15) is 0 Å². The van der Waals surface area contributed by atoms with E-state index in [0.717, 1.165) is 18.7 Å². The summed E-state index contributed by atoms with van der Waals surface area (Å²) in [6.07, 6.45) is 2.63. The van der Waals surface area contributed by atoms with Crippen molar-refractivity contribution in [2.75, 3.05) is 11.9 Å². The second kappa shape index (κ2) is 8.17. The molecule has 0 aliphatic heterocycles. The van der Waals surface area contributed by atoms with Crippen molar-refractivity contribution >= 4 is 11.6 Å². The summed E-state index contributed by atoms with van der Waals surface area (Å²) < 4.78 is 0. The second-order valence-electron chi connectivity index (χ2n) is 5.71. The van der Waals surface area contributed by atoms with Crippen LogP contribution in [0.5, 0.6) is 0 Å². The SMILES string of the molecule is CC(C)CCNC(=O)c1cc(NCc2ccccc2)ccn1. The number of nitrogens with one attached hydrogen (secondary N) is 2. The van der Waals surface area contributed by atoms with Crippen LogP contribution in [-0.4, -0.2) is 17.4 Å². The van der Waals surface area contributed by atoms with Crippen molar-refractivity contribution in [3.63, 3.8) is 0 Å². The van der Waals surface area contributed by atoms with Crippen LogP contribution < -0.4 is 10.6 Å². The number of carbonyl (C=O) groups is 1. The Morgan fingerprint density at radius 1 is 1.18 bits per heavy atom. The molecule has 0 bridgehead atoms. The van der Waals surface area contributed by atoms with Crippen molar-refractivity contribution < 1.29 is 4.79 Å². The first-order valence-electron chi connectivity index (χ1n) is 7.67. The molecule has 4 nitrogen and oxygen atoms in total. The van der Waals surface area contributed by atoms with E-state index in [-0.39, 0.29) is 5.91 Å². The Balaban J connectivity index is 1.90. The standard InChI is InChI=1S/C18H23N3O/c1-14(2)8-10-20-18(22)17-12-16(9-11-19-17)21-13-15-6-4-3-5-7-15/h3-7,9,11-12,14H,8,10,13H2,1-2H3,(H,19,21)(H,20,22). The van der Waals surface area contributed by atoms with Crippen molar-refractivity contribution in [1.29, 1.82) is 0 Å². The van der Waals surface area contributed by atoms with E-state index in [1.54, 1.807) is 12.3 Å². The van der Waals surface area contributed by atoms with Gasteiger partial charge in [-0.05, 0) is 30.0 Å². The topological polar surface area (TPSA) is 54.0 Å². The smallest absolute Gasteiger partial charge is 0.269 e. The fourth-order valence-electron chi connectivity index (χ4n) is 2.03. The van der Waals surface area contributed by atoms with Gasteiger partial charge in [0.05, 0.1) is 0 Å². The number of nitrogens with zero attached hydrogens (tertiary/aromatic N) is 1. The van der Waals surface area contributed by atoms with E-state index in [2.05, 4.69) is 41.6 Å². The molecule has 0 radical (unpaired) electrons. The van der Waals surface area contributed by atoms with Crippen LogP contribution in [0.15, 0.2) is 48.7 Å². The predicted octanol–water partition coefficient (Wildman–Crippen LogP) is 3.47. The van der Waals surface area contributed by atoms with E-state index in [1.807, 2.05) is 24.3 Å². The number of aromatic nitrogens is 1. The number of carbonyl (C=O) groups excluding carboxylic acids is 1. The molecule has 2 aromatic rings. The Morgan fingerprint density at radius 3 is 2.68 bits per heavy atom. The van der Waals surface area contributed by atoms with Gasteiger partial charge in [-0.25, -0.2) is 0 Å². The maximum absolute atomic E-state index is 12.1. The molecule has 1 aromatic carbocycles. The zero-order valence-corrected chi connectivity index (χ0v) is 13.2. The first-order valence-corrected chi connectivity index (χ1v) is 7.67. The Kier molecular flexibility index (Phi) is 5.95. The highest BCUT2D eigenvalue weighted by molar-refractivity contribution is 5.93. The highest BCUT2D eigenvalue weighted by atomic mass is 16.1. The zero-order valence-electron chi connectivity index (χ0n) is 13.2. The van der Waals surface area contributed by atoms with Crippen molar-refractivity contribution in [3.8, 4) is 0 Å². The maximum atomic E-state index is 12.1. The van der Waals surface area contributed by atoms with Crippen molar-refractivity contribution in [2.24, 2.45) is 5.92 Å². The third-order valence-corrected chi connectivity index (χ3v) is 3.34. The average Bonchev–Trinajstić information content (AvgIpc) is 2.54. The molecular formula is C18H23N3O. The molecule has 116 valence electrons. The lowest BCUT2D eigenvalue weighted by molar-refractivity contribution is 0.0947. The van der Waals surface area contributed by atoms with Gasteiger partial charge < -0.3 is 10.6 Å². The van der Waals surface area contributed by atoms with Crippen LogP contribution in [0.4, 0.5) is 5.69 Å². The van der Waals surface area contributed by atoms with Gasteiger partial charge in [-0.3, -0.25) is 9.78 Å². The number of anilines is 1. The fourth-order valence-corrected chi connectivity index (χ4v) is 2.03. The Bertz CT molecular complexity index is 596. The lowest BCUT2D eigenvalue weighted by Gasteiger charge is -2.09. The lowest BCUT2D eigenvalue weighted by Crippen LogP contribution is -2.26. The molecule has 0 unspecified atom stereocenters. The monoisotopic (exact) mass is 297 g/mol. The number of pyridine rings is 1. The van der Waals surface area contributed by atoms with E-state index in [9.17, 15) is 4.79 Å². The molecule has 2 N–H and O–H groups in total. The summed E-state index contributed by atoms with van der Waals surface area (Å²) in [6.45, 7) is 5.68. The predicted molar refractivity (Wildman–Crippen MR) is 89.8 cm³/mol.